The van der Waals surface area contributed by atoms with E-state index in [0.29, 0.717) is 5.69 Å². The number of amides is 1. The minimum absolute atomic E-state index is 0.0927. The molecular weight excluding hydrogens is 436 g/mol. The summed E-state index contributed by atoms with van der Waals surface area (Å²) in [5, 5.41) is 7.44. The Morgan fingerprint density at radius 3 is 2.40 bits per heavy atom. The van der Waals surface area contributed by atoms with E-state index in [9.17, 15) is 18.0 Å². The molecular formula is C15H12BrClN2O5S. The molecule has 0 aliphatic heterocycles. The van der Waals surface area contributed by atoms with E-state index in [-0.39, 0.29) is 10.6 Å². The van der Waals surface area contributed by atoms with Gasteiger partial charge in [0.05, 0.1) is 10.6 Å². The zero-order valence-corrected chi connectivity index (χ0v) is 15.7. The molecule has 0 aromatic heterocycles. The second kappa shape index (κ2) is 7.96. The Morgan fingerprint density at radius 2 is 1.80 bits per heavy atom. The number of ether oxygens (including phenoxy) is 1. The fourth-order valence-corrected chi connectivity index (χ4v) is 3.13. The number of rotatable bonds is 5. The number of primary sulfonamides is 1. The van der Waals surface area contributed by atoms with E-state index >= 15 is 0 Å². The van der Waals surface area contributed by atoms with Crippen LogP contribution in [0.5, 0.6) is 0 Å². The van der Waals surface area contributed by atoms with Crippen molar-refractivity contribution in [1.82, 2.24) is 0 Å². The summed E-state index contributed by atoms with van der Waals surface area (Å²) in [5.41, 5.74) is 0.442. The predicted molar refractivity (Wildman–Crippen MR) is 95.9 cm³/mol. The van der Waals surface area contributed by atoms with Crippen LogP contribution in [0.2, 0.25) is 5.02 Å². The average molecular weight is 448 g/mol. The molecule has 25 heavy (non-hydrogen) atoms. The molecule has 0 spiro atoms. The van der Waals surface area contributed by atoms with Crippen molar-refractivity contribution in [3.63, 3.8) is 0 Å². The molecule has 0 bridgehead atoms. The molecule has 132 valence electrons. The zero-order valence-electron chi connectivity index (χ0n) is 12.5. The fraction of sp³-hybridized carbons (Fsp3) is 0.0667. The summed E-state index contributed by atoms with van der Waals surface area (Å²) < 4.78 is 28.5. The van der Waals surface area contributed by atoms with Crippen LogP contribution >= 0.6 is 27.5 Å². The third kappa shape index (κ3) is 5.53. The van der Waals surface area contributed by atoms with Crippen LogP contribution in [0.1, 0.15) is 10.4 Å². The van der Waals surface area contributed by atoms with Gasteiger partial charge in [0.15, 0.2) is 6.61 Å². The third-order valence-electron chi connectivity index (χ3n) is 2.94. The van der Waals surface area contributed by atoms with Gasteiger partial charge in [0.1, 0.15) is 4.90 Å². The van der Waals surface area contributed by atoms with Gasteiger partial charge < -0.3 is 10.1 Å². The second-order valence-electron chi connectivity index (χ2n) is 4.82. The SMILES string of the molecule is NS(=O)(=O)c1cc(C(=O)OCC(=O)Nc2ccc(Br)cc2)ccc1Cl. The van der Waals surface area contributed by atoms with Crippen molar-refractivity contribution in [2.45, 2.75) is 4.90 Å². The number of sulfonamides is 1. The molecule has 0 atom stereocenters. The number of hydrogen-bond donors (Lipinski definition) is 2. The van der Waals surface area contributed by atoms with Crippen LogP contribution in [0, 0.1) is 0 Å². The average Bonchev–Trinajstić information content (AvgIpc) is 2.54. The molecule has 0 saturated carbocycles. The van der Waals surface area contributed by atoms with Gasteiger partial charge in [-0.2, -0.15) is 0 Å². The normalized spacial score (nSPS) is 11.0. The van der Waals surface area contributed by atoms with Gasteiger partial charge in [-0.25, -0.2) is 18.4 Å². The van der Waals surface area contributed by atoms with Gasteiger partial charge in [0.25, 0.3) is 5.91 Å². The first-order valence-electron chi connectivity index (χ1n) is 6.72. The highest BCUT2D eigenvalue weighted by molar-refractivity contribution is 9.10. The largest absolute Gasteiger partial charge is 0.452 e. The Labute approximate surface area is 157 Å². The highest BCUT2D eigenvalue weighted by Crippen LogP contribution is 2.22. The smallest absolute Gasteiger partial charge is 0.338 e. The van der Waals surface area contributed by atoms with Crippen LogP contribution in [-0.4, -0.2) is 26.9 Å². The molecule has 2 aromatic carbocycles. The Balaban J connectivity index is 2.00. The first kappa shape index (κ1) is 19.4. The van der Waals surface area contributed by atoms with E-state index < -0.39 is 33.4 Å². The highest BCUT2D eigenvalue weighted by Gasteiger charge is 2.17. The minimum Gasteiger partial charge on any atom is -0.452 e. The topological polar surface area (TPSA) is 116 Å². The van der Waals surface area contributed by atoms with Crippen LogP contribution in [-0.2, 0) is 19.6 Å². The van der Waals surface area contributed by atoms with Gasteiger partial charge in [-0.3, -0.25) is 4.79 Å². The van der Waals surface area contributed by atoms with Crippen molar-refractivity contribution in [2.75, 3.05) is 11.9 Å². The summed E-state index contributed by atoms with van der Waals surface area (Å²) in [5.74, 6) is -1.43. The Morgan fingerprint density at radius 1 is 1.16 bits per heavy atom. The summed E-state index contributed by atoms with van der Waals surface area (Å²) in [6, 6.07) is 10.3. The zero-order chi connectivity index (χ0) is 18.6. The third-order valence-corrected chi connectivity index (χ3v) is 4.86. The molecule has 0 aliphatic rings. The molecule has 0 saturated heterocycles. The monoisotopic (exact) mass is 446 g/mol. The van der Waals surface area contributed by atoms with Crippen LogP contribution in [0.15, 0.2) is 51.8 Å². The summed E-state index contributed by atoms with van der Waals surface area (Å²) in [4.78, 5) is 23.3. The summed E-state index contributed by atoms with van der Waals surface area (Å²) >= 11 is 9.00. The predicted octanol–water partition coefficient (Wildman–Crippen LogP) is 2.55. The Kier molecular flexibility index (Phi) is 6.17. The minimum atomic E-state index is -4.09. The maximum absolute atomic E-state index is 11.9. The van der Waals surface area contributed by atoms with E-state index in [0.717, 1.165) is 10.5 Å². The van der Waals surface area contributed by atoms with Crippen molar-refractivity contribution in [2.24, 2.45) is 5.14 Å². The summed E-state index contributed by atoms with van der Waals surface area (Å²) in [6.45, 7) is -0.539. The van der Waals surface area contributed by atoms with Gasteiger partial charge in [0, 0.05) is 10.2 Å². The summed E-state index contributed by atoms with van der Waals surface area (Å²) in [7, 11) is -4.09. The Hall–Kier alpha value is -1.94. The molecule has 1 amide bonds. The molecule has 0 aliphatic carbocycles. The van der Waals surface area contributed by atoms with Crippen molar-refractivity contribution in [3.8, 4) is 0 Å². The van der Waals surface area contributed by atoms with Crippen LogP contribution in [0.4, 0.5) is 5.69 Å². The van der Waals surface area contributed by atoms with Gasteiger partial charge in [-0.15, -0.1) is 0 Å². The quantitative estimate of drug-likeness (QED) is 0.683. The maximum Gasteiger partial charge on any atom is 0.338 e. The van der Waals surface area contributed by atoms with Gasteiger partial charge in [0.2, 0.25) is 10.0 Å². The lowest BCUT2D eigenvalue weighted by Gasteiger charge is -2.08. The van der Waals surface area contributed by atoms with E-state index in [1.54, 1.807) is 24.3 Å². The lowest BCUT2D eigenvalue weighted by molar-refractivity contribution is -0.119. The standard InChI is InChI=1S/C15H12BrClN2O5S/c16-10-2-4-11(5-3-10)19-14(20)8-24-15(21)9-1-6-12(17)13(7-9)25(18,22)23/h1-7H,8H2,(H,19,20)(H2,18,22,23). The van der Waals surface area contributed by atoms with Crippen LogP contribution in [0.25, 0.3) is 0 Å². The van der Waals surface area contributed by atoms with Crippen LogP contribution in [0.3, 0.4) is 0 Å². The molecule has 2 aromatic rings. The number of benzene rings is 2. The van der Waals surface area contributed by atoms with E-state index in [1.807, 2.05) is 0 Å². The number of nitrogens with two attached hydrogens (primary N) is 1. The lowest BCUT2D eigenvalue weighted by Crippen LogP contribution is -2.21. The molecule has 3 N–H and O–H groups in total. The summed E-state index contributed by atoms with van der Waals surface area (Å²) in [6.07, 6.45) is 0. The van der Waals surface area contributed by atoms with E-state index in [2.05, 4.69) is 21.2 Å². The first-order valence-corrected chi connectivity index (χ1v) is 9.43. The number of carbonyl (C=O) groups is 2. The van der Waals surface area contributed by atoms with Gasteiger partial charge in [-0.1, -0.05) is 27.5 Å². The maximum atomic E-state index is 11.9. The first-order chi connectivity index (χ1) is 11.7. The number of anilines is 1. The van der Waals surface area contributed by atoms with Crippen molar-refractivity contribution < 1.29 is 22.7 Å². The molecule has 0 radical (unpaired) electrons. The molecule has 7 nitrogen and oxygen atoms in total. The fourth-order valence-electron chi connectivity index (χ4n) is 1.79. The van der Waals surface area contributed by atoms with Crippen molar-refractivity contribution in [3.05, 3.63) is 57.5 Å². The van der Waals surface area contributed by atoms with Gasteiger partial charge in [-0.05, 0) is 42.5 Å². The number of halogens is 2. The molecule has 10 heteroatoms. The molecule has 0 fully saturated rings. The van der Waals surface area contributed by atoms with Crippen LogP contribution < -0.4 is 10.5 Å². The lowest BCUT2D eigenvalue weighted by atomic mass is 10.2. The highest BCUT2D eigenvalue weighted by atomic mass is 79.9. The molecule has 2 rings (SSSR count). The Bertz CT molecular complexity index is 916. The molecule has 0 heterocycles. The van der Waals surface area contributed by atoms with Crippen molar-refractivity contribution in [1.29, 1.82) is 0 Å². The number of esters is 1. The second-order valence-corrected chi connectivity index (χ2v) is 7.67. The van der Waals surface area contributed by atoms with Crippen molar-refractivity contribution >= 4 is 55.1 Å². The van der Waals surface area contributed by atoms with E-state index in [4.69, 9.17) is 21.5 Å². The number of nitrogens with one attached hydrogen (secondary N) is 1. The molecule has 0 unspecified atom stereocenters. The van der Waals surface area contributed by atoms with Gasteiger partial charge >= 0.3 is 5.97 Å². The number of hydrogen-bond acceptors (Lipinski definition) is 5. The van der Waals surface area contributed by atoms with E-state index in [1.165, 1.54) is 12.1 Å². The number of carbonyl (C=O) groups excluding carboxylic acids is 2.